The van der Waals surface area contributed by atoms with Crippen LogP contribution in [0.2, 0.25) is 0 Å². The molecule has 0 aliphatic carbocycles. The average Bonchev–Trinajstić information content (AvgIpc) is 2.70. The standard InChI is InChI=1S/C23H26O7/c1-23(2,3)30-22(25)20-16(14-28-17-11-7-6-8-12-17)10-9-13-18(20)29-19(15-26-4)21(24)27-5/h6-13,15H,14H2,1-5H3/b19-15+. The first-order valence-electron chi connectivity index (χ1n) is 9.27. The molecule has 0 bridgehead atoms. The first-order chi connectivity index (χ1) is 14.2. The predicted molar refractivity (Wildman–Crippen MR) is 110 cm³/mol. The molecule has 0 aromatic heterocycles. The zero-order valence-electron chi connectivity index (χ0n) is 17.8. The molecule has 0 aliphatic heterocycles. The summed E-state index contributed by atoms with van der Waals surface area (Å²) < 4.78 is 26.6. The van der Waals surface area contributed by atoms with Crippen molar-refractivity contribution in [3.05, 3.63) is 71.7 Å². The Kier molecular flexibility index (Phi) is 7.86. The van der Waals surface area contributed by atoms with E-state index < -0.39 is 17.5 Å². The lowest BCUT2D eigenvalue weighted by molar-refractivity contribution is -0.138. The zero-order valence-corrected chi connectivity index (χ0v) is 17.8. The maximum Gasteiger partial charge on any atom is 0.377 e. The van der Waals surface area contributed by atoms with E-state index in [0.717, 1.165) is 6.26 Å². The fourth-order valence-electron chi connectivity index (χ4n) is 2.46. The second kappa shape index (κ2) is 10.3. The number of carbonyl (C=O) groups is 2. The fourth-order valence-corrected chi connectivity index (χ4v) is 2.46. The van der Waals surface area contributed by atoms with Crippen molar-refractivity contribution in [1.29, 1.82) is 0 Å². The second-order valence-corrected chi connectivity index (χ2v) is 7.21. The molecule has 30 heavy (non-hydrogen) atoms. The maximum absolute atomic E-state index is 13.0. The van der Waals surface area contributed by atoms with Crippen LogP contribution in [-0.2, 0) is 25.6 Å². The molecule has 0 saturated heterocycles. The molecule has 0 heterocycles. The molecule has 0 spiro atoms. The molecule has 0 aliphatic rings. The molecule has 2 aromatic rings. The summed E-state index contributed by atoms with van der Waals surface area (Å²) in [5.74, 6) is -0.809. The van der Waals surface area contributed by atoms with Crippen molar-refractivity contribution in [3.63, 3.8) is 0 Å². The SMILES string of the molecule is CO/C=C(/Oc1cccc(COc2ccccc2)c1C(=O)OC(C)(C)C)C(=O)OC. The molecule has 0 amide bonds. The van der Waals surface area contributed by atoms with Crippen LogP contribution >= 0.6 is 0 Å². The van der Waals surface area contributed by atoms with Gasteiger partial charge in [0.25, 0.3) is 0 Å². The topological polar surface area (TPSA) is 80.3 Å². The van der Waals surface area contributed by atoms with Gasteiger partial charge in [-0.2, -0.15) is 0 Å². The number of rotatable bonds is 8. The minimum Gasteiger partial charge on any atom is -0.500 e. The van der Waals surface area contributed by atoms with Crippen LogP contribution in [-0.4, -0.2) is 31.8 Å². The molecular formula is C23H26O7. The van der Waals surface area contributed by atoms with Gasteiger partial charge in [0.15, 0.2) is 0 Å². The number of ether oxygens (including phenoxy) is 5. The van der Waals surface area contributed by atoms with Crippen molar-refractivity contribution < 1.29 is 33.3 Å². The third-order valence-corrected chi connectivity index (χ3v) is 3.68. The molecule has 2 rings (SSSR count). The molecule has 7 heteroatoms. The van der Waals surface area contributed by atoms with Gasteiger partial charge in [-0.1, -0.05) is 30.3 Å². The second-order valence-electron chi connectivity index (χ2n) is 7.21. The van der Waals surface area contributed by atoms with Gasteiger partial charge in [0.1, 0.15) is 35.5 Å². The third-order valence-electron chi connectivity index (χ3n) is 3.68. The van der Waals surface area contributed by atoms with E-state index in [2.05, 4.69) is 0 Å². The van der Waals surface area contributed by atoms with Crippen LogP contribution in [0.5, 0.6) is 11.5 Å². The number of methoxy groups -OCH3 is 2. The van der Waals surface area contributed by atoms with Crippen molar-refractivity contribution in [3.8, 4) is 11.5 Å². The number of esters is 2. The van der Waals surface area contributed by atoms with E-state index in [1.54, 1.807) is 39.0 Å². The highest BCUT2D eigenvalue weighted by molar-refractivity contribution is 5.95. The minimum absolute atomic E-state index is 0.0946. The number of hydrogen-bond acceptors (Lipinski definition) is 7. The number of benzene rings is 2. The molecule has 2 aromatic carbocycles. The molecule has 0 N–H and O–H groups in total. The predicted octanol–water partition coefficient (Wildman–Crippen LogP) is 4.26. The summed E-state index contributed by atoms with van der Waals surface area (Å²) in [6.45, 7) is 5.38. The Morgan fingerprint density at radius 2 is 1.67 bits per heavy atom. The Hall–Kier alpha value is -3.48. The average molecular weight is 414 g/mol. The number of carbonyl (C=O) groups excluding carboxylic acids is 2. The summed E-state index contributed by atoms with van der Waals surface area (Å²) in [6.07, 6.45) is 1.10. The van der Waals surface area contributed by atoms with E-state index in [-0.39, 0.29) is 23.7 Å². The van der Waals surface area contributed by atoms with Gasteiger partial charge < -0.3 is 23.7 Å². The van der Waals surface area contributed by atoms with Crippen LogP contribution in [0.25, 0.3) is 0 Å². The van der Waals surface area contributed by atoms with E-state index in [1.807, 2.05) is 30.3 Å². The highest BCUT2D eigenvalue weighted by atomic mass is 16.6. The normalized spacial score (nSPS) is 11.4. The van der Waals surface area contributed by atoms with E-state index in [1.165, 1.54) is 14.2 Å². The summed E-state index contributed by atoms with van der Waals surface area (Å²) in [6, 6.07) is 14.2. The summed E-state index contributed by atoms with van der Waals surface area (Å²) in [5, 5.41) is 0. The van der Waals surface area contributed by atoms with Crippen LogP contribution in [0.4, 0.5) is 0 Å². The maximum atomic E-state index is 13.0. The van der Waals surface area contributed by atoms with Crippen LogP contribution in [0.15, 0.2) is 60.6 Å². The van der Waals surface area contributed by atoms with Gasteiger partial charge in [-0.3, -0.25) is 0 Å². The summed E-state index contributed by atoms with van der Waals surface area (Å²) in [4.78, 5) is 24.9. The molecule has 0 saturated carbocycles. The zero-order chi connectivity index (χ0) is 22.1. The smallest absolute Gasteiger partial charge is 0.377 e. The van der Waals surface area contributed by atoms with Crippen molar-refractivity contribution in [2.75, 3.05) is 14.2 Å². The van der Waals surface area contributed by atoms with E-state index in [4.69, 9.17) is 23.7 Å². The molecule has 0 radical (unpaired) electrons. The Labute approximate surface area is 176 Å². The Bertz CT molecular complexity index is 896. The van der Waals surface area contributed by atoms with Crippen molar-refractivity contribution >= 4 is 11.9 Å². The molecule has 0 unspecified atom stereocenters. The van der Waals surface area contributed by atoms with Gasteiger partial charge in [-0.25, -0.2) is 9.59 Å². The van der Waals surface area contributed by atoms with Gasteiger partial charge in [-0.15, -0.1) is 0 Å². The molecular weight excluding hydrogens is 388 g/mol. The fraction of sp³-hybridized carbons (Fsp3) is 0.304. The van der Waals surface area contributed by atoms with Crippen molar-refractivity contribution in [2.45, 2.75) is 33.0 Å². The molecule has 0 fully saturated rings. The summed E-state index contributed by atoms with van der Waals surface area (Å²) in [5.41, 5.74) is -0.0449. The Morgan fingerprint density at radius 1 is 0.967 bits per heavy atom. The lowest BCUT2D eigenvalue weighted by atomic mass is 10.1. The van der Waals surface area contributed by atoms with Crippen LogP contribution < -0.4 is 9.47 Å². The van der Waals surface area contributed by atoms with E-state index in [0.29, 0.717) is 11.3 Å². The third kappa shape index (κ3) is 6.55. The highest BCUT2D eigenvalue weighted by Crippen LogP contribution is 2.28. The van der Waals surface area contributed by atoms with Crippen LogP contribution in [0.3, 0.4) is 0 Å². The Balaban J connectivity index is 2.43. The largest absolute Gasteiger partial charge is 0.500 e. The van der Waals surface area contributed by atoms with Crippen LogP contribution in [0.1, 0.15) is 36.7 Å². The summed E-state index contributed by atoms with van der Waals surface area (Å²) >= 11 is 0. The first kappa shape index (κ1) is 22.8. The highest BCUT2D eigenvalue weighted by Gasteiger charge is 2.26. The van der Waals surface area contributed by atoms with Crippen molar-refractivity contribution in [1.82, 2.24) is 0 Å². The van der Waals surface area contributed by atoms with Crippen LogP contribution in [0, 0.1) is 0 Å². The molecule has 0 atom stereocenters. The monoisotopic (exact) mass is 414 g/mol. The van der Waals surface area contributed by atoms with Gasteiger partial charge in [-0.05, 0) is 39.0 Å². The molecule has 160 valence electrons. The number of para-hydroxylation sites is 1. The quantitative estimate of drug-likeness (QED) is 0.363. The Morgan fingerprint density at radius 3 is 2.27 bits per heavy atom. The van der Waals surface area contributed by atoms with Crippen molar-refractivity contribution in [2.24, 2.45) is 0 Å². The van der Waals surface area contributed by atoms with Gasteiger partial charge >= 0.3 is 11.9 Å². The van der Waals surface area contributed by atoms with Gasteiger partial charge in [0.05, 0.1) is 14.2 Å². The number of hydrogen-bond donors (Lipinski definition) is 0. The van der Waals surface area contributed by atoms with Gasteiger partial charge in [0, 0.05) is 5.56 Å². The van der Waals surface area contributed by atoms with E-state index in [9.17, 15) is 9.59 Å². The molecule has 7 nitrogen and oxygen atoms in total. The minimum atomic E-state index is -0.752. The lowest BCUT2D eigenvalue weighted by Gasteiger charge is -2.22. The van der Waals surface area contributed by atoms with Gasteiger partial charge in [0.2, 0.25) is 5.76 Å². The first-order valence-corrected chi connectivity index (χ1v) is 9.27. The summed E-state index contributed by atoms with van der Waals surface area (Å²) in [7, 11) is 2.58. The van der Waals surface area contributed by atoms with E-state index >= 15 is 0 Å². The lowest BCUT2D eigenvalue weighted by Crippen LogP contribution is -2.25.